The minimum Gasteiger partial charge on any atom is -0.508 e. The Morgan fingerprint density at radius 1 is 1.08 bits per heavy atom. The first-order valence-corrected chi connectivity index (χ1v) is 12.4. The lowest BCUT2D eigenvalue weighted by Gasteiger charge is -2.54. The van der Waals surface area contributed by atoms with E-state index in [0.717, 1.165) is 21.9 Å². The van der Waals surface area contributed by atoms with E-state index >= 15 is 0 Å². The van der Waals surface area contributed by atoms with Crippen molar-refractivity contribution in [2.75, 3.05) is 26.7 Å². The van der Waals surface area contributed by atoms with Crippen LogP contribution in [0.25, 0.3) is 10.8 Å². The van der Waals surface area contributed by atoms with Crippen molar-refractivity contribution in [2.45, 2.75) is 25.2 Å². The number of benzene rings is 3. The number of hydrogen-bond acceptors (Lipinski definition) is 5. The Balaban J connectivity index is 1.53. The van der Waals surface area contributed by atoms with Gasteiger partial charge in [0.25, 0.3) is 0 Å². The van der Waals surface area contributed by atoms with Crippen LogP contribution in [-0.2, 0) is 22.6 Å². The maximum Gasteiger partial charge on any atom is 0.334 e. The van der Waals surface area contributed by atoms with Gasteiger partial charge in [0.05, 0.1) is 19.6 Å². The van der Waals surface area contributed by atoms with Crippen LogP contribution < -0.4 is 5.32 Å². The predicted octanol–water partition coefficient (Wildman–Crippen LogP) is 2.16. The van der Waals surface area contributed by atoms with E-state index in [2.05, 4.69) is 11.2 Å². The number of likely N-dealkylation sites (N-methyl/N-ethyl adjacent to an activating group) is 1. The largest absolute Gasteiger partial charge is 0.508 e. The summed E-state index contributed by atoms with van der Waals surface area (Å²) in [6.07, 6.45) is 4.89. The van der Waals surface area contributed by atoms with Gasteiger partial charge in [0, 0.05) is 20.0 Å². The van der Waals surface area contributed by atoms with Gasteiger partial charge in [-0.1, -0.05) is 60.5 Å². The highest BCUT2D eigenvalue weighted by atomic mass is 16.3. The molecule has 2 fully saturated rings. The lowest BCUT2D eigenvalue weighted by Crippen LogP contribution is -2.76. The molecular formula is C29H29N5O4. The summed E-state index contributed by atoms with van der Waals surface area (Å²) in [5.74, 6) is 2.09. The van der Waals surface area contributed by atoms with E-state index in [1.54, 1.807) is 41.2 Å². The van der Waals surface area contributed by atoms with Gasteiger partial charge in [-0.05, 0) is 34.0 Å². The highest BCUT2D eigenvalue weighted by Crippen LogP contribution is 2.30. The van der Waals surface area contributed by atoms with Gasteiger partial charge in [-0.3, -0.25) is 9.59 Å². The molecule has 2 aliphatic rings. The number of phenols is 1. The Morgan fingerprint density at radius 2 is 1.82 bits per heavy atom. The summed E-state index contributed by atoms with van der Waals surface area (Å²) >= 11 is 0. The first kappa shape index (κ1) is 25.1. The maximum absolute atomic E-state index is 14.0. The Labute approximate surface area is 221 Å². The fourth-order valence-electron chi connectivity index (χ4n) is 5.35. The fourth-order valence-corrected chi connectivity index (χ4v) is 5.35. The van der Waals surface area contributed by atoms with Gasteiger partial charge in [-0.25, -0.2) is 14.8 Å². The molecule has 0 spiro atoms. The number of hydrazine groups is 1. The number of nitrogens with zero attached hydrogens (tertiary/aromatic N) is 4. The SMILES string of the molecule is C#CCNC(=O)N1[C@H]2CN(Cc3cccc4ccccc34)C(=O)[C@H](Cc3ccc(O)cc3)N2C(=O)CN1C. The molecule has 0 aliphatic carbocycles. The number of fused-ring (bicyclic) bond motifs is 2. The second kappa shape index (κ2) is 10.4. The minimum absolute atomic E-state index is 0.0411. The number of hydrogen-bond donors (Lipinski definition) is 2. The number of nitrogens with one attached hydrogen (secondary N) is 1. The molecule has 4 amide bonds. The van der Waals surface area contributed by atoms with Crippen LogP contribution in [0.15, 0.2) is 66.7 Å². The zero-order chi connectivity index (χ0) is 26.8. The third kappa shape index (κ3) is 4.74. The van der Waals surface area contributed by atoms with Gasteiger partial charge in [0.15, 0.2) is 0 Å². The number of carbonyl (C=O) groups excluding carboxylic acids is 3. The van der Waals surface area contributed by atoms with Gasteiger partial charge in [0.2, 0.25) is 11.8 Å². The lowest BCUT2D eigenvalue weighted by molar-refractivity contribution is -0.187. The summed E-state index contributed by atoms with van der Waals surface area (Å²) in [4.78, 5) is 43.8. The van der Waals surface area contributed by atoms with Crippen molar-refractivity contribution in [3.8, 4) is 18.1 Å². The van der Waals surface area contributed by atoms with Crippen LogP contribution in [0, 0.1) is 12.3 Å². The highest BCUT2D eigenvalue weighted by molar-refractivity contribution is 5.92. The van der Waals surface area contributed by atoms with Crippen LogP contribution in [0.4, 0.5) is 4.79 Å². The van der Waals surface area contributed by atoms with Crippen LogP contribution >= 0.6 is 0 Å². The van der Waals surface area contributed by atoms with Crippen molar-refractivity contribution in [1.29, 1.82) is 0 Å². The maximum atomic E-state index is 14.0. The molecule has 0 saturated carbocycles. The van der Waals surface area contributed by atoms with E-state index in [1.165, 1.54) is 9.91 Å². The Morgan fingerprint density at radius 3 is 2.58 bits per heavy atom. The molecule has 9 nitrogen and oxygen atoms in total. The number of aromatic hydroxyl groups is 1. The summed E-state index contributed by atoms with van der Waals surface area (Å²) in [7, 11) is 1.67. The normalized spacial score (nSPS) is 19.8. The number of amides is 4. The molecule has 3 aromatic carbocycles. The summed E-state index contributed by atoms with van der Waals surface area (Å²) < 4.78 is 0. The summed E-state index contributed by atoms with van der Waals surface area (Å²) in [5.41, 5.74) is 1.77. The van der Waals surface area contributed by atoms with E-state index in [-0.39, 0.29) is 43.6 Å². The van der Waals surface area contributed by atoms with Gasteiger partial charge in [-0.2, -0.15) is 0 Å². The average Bonchev–Trinajstić information content (AvgIpc) is 2.91. The molecule has 3 aromatic rings. The van der Waals surface area contributed by atoms with E-state index in [9.17, 15) is 19.5 Å². The monoisotopic (exact) mass is 511 g/mol. The van der Waals surface area contributed by atoms with Gasteiger partial charge < -0.3 is 20.2 Å². The molecule has 2 aliphatic heterocycles. The molecule has 2 N–H and O–H groups in total. The first-order valence-electron chi connectivity index (χ1n) is 12.4. The number of terminal acetylenes is 1. The summed E-state index contributed by atoms with van der Waals surface area (Å²) in [5, 5.41) is 17.6. The van der Waals surface area contributed by atoms with Gasteiger partial charge >= 0.3 is 6.03 Å². The van der Waals surface area contributed by atoms with Crippen molar-refractivity contribution in [3.63, 3.8) is 0 Å². The topological polar surface area (TPSA) is 96.4 Å². The molecule has 194 valence electrons. The molecule has 0 aromatic heterocycles. The standard InChI is InChI=1S/C29H29N5O4/c1-3-15-30-29(38)34-26-18-32(17-22-9-6-8-21-7-4-5-10-24(21)22)28(37)25(33(26)27(36)19-31(34)2)16-20-11-13-23(35)14-12-20/h1,4-14,25-26,35H,15-19H2,2H3,(H,30,38)/t25-,26-/m0/s1. The number of rotatable bonds is 5. The number of carbonyl (C=O) groups is 3. The first-order chi connectivity index (χ1) is 18.4. The van der Waals surface area contributed by atoms with Crippen molar-refractivity contribution in [3.05, 3.63) is 77.9 Å². The van der Waals surface area contributed by atoms with Gasteiger partial charge in [-0.15, -0.1) is 6.42 Å². The molecule has 9 heteroatoms. The Hall–Kier alpha value is -4.55. The molecular weight excluding hydrogens is 482 g/mol. The zero-order valence-corrected chi connectivity index (χ0v) is 21.1. The molecule has 38 heavy (non-hydrogen) atoms. The molecule has 5 rings (SSSR count). The molecule has 2 heterocycles. The zero-order valence-electron chi connectivity index (χ0n) is 21.1. The molecule has 2 saturated heterocycles. The second-order valence-corrected chi connectivity index (χ2v) is 9.55. The highest BCUT2D eigenvalue weighted by Gasteiger charge is 2.50. The Bertz CT molecular complexity index is 1410. The number of piperazine rings is 1. The molecule has 0 bridgehead atoms. The van der Waals surface area contributed by atoms with Crippen molar-refractivity contribution >= 4 is 28.6 Å². The minimum atomic E-state index is -0.822. The summed E-state index contributed by atoms with van der Waals surface area (Å²) in [6.45, 7) is 0.462. The van der Waals surface area contributed by atoms with Crippen LogP contribution in [0.1, 0.15) is 11.1 Å². The number of urea groups is 1. The van der Waals surface area contributed by atoms with Crippen LogP contribution in [-0.4, -0.2) is 81.7 Å². The molecule has 2 atom stereocenters. The van der Waals surface area contributed by atoms with E-state index < -0.39 is 18.2 Å². The fraction of sp³-hybridized carbons (Fsp3) is 0.276. The van der Waals surface area contributed by atoms with Crippen molar-refractivity contribution in [1.82, 2.24) is 25.1 Å². The lowest BCUT2D eigenvalue weighted by atomic mass is 9.97. The van der Waals surface area contributed by atoms with E-state index in [0.29, 0.717) is 6.54 Å². The van der Waals surface area contributed by atoms with E-state index in [4.69, 9.17) is 6.42 Å². The predicted molar refractivity (Wildman–Crippen MR) is 142 cm³/mol. The average molecular weight is 512 g/mol. The number of phenolic OH excluding ortho intramolecular Hbond substituents is 1. The van der Waals surface area contributed by atoms with Crippen LogP contribution in [0.2, 0.25) is 0 Å². The van der Waals surface area contributed by atoms with E-state index in [1.807, 2.05) is 42.5 Å². The third-order valence-electron chi connectivity index (χ3n) is 7.10. The van der Waals surface area contributed by atoms with Crippen molar-refractivity contribution < 1.29 is 19.5 Å². The smallest absolute Gasteiger partial charge is 0.334 e. The molecule has 0 unspecified atom stereocenters. The summed E-state index contributed by atoms with van der Waals surface area (Å²) in [6, 6.07) is 19.3. The quantitative estimate of drug-likeness (QED) is 0.512. The van der Waals surface area contributed by atoms with Crippen molar-refractivity contribution in [2.24, 2.45) is 0 Å². The van der Waals surface area contributed by atoms with Crippen LogP contribution in [0.3, 0.4) is 0 Å². The van der Waals surface area contributed by atoms with Crippen LogP contribution in [0.5, 0.6) is 5.75 Å². The van der Waals surface area contributed by atoms with Gasteiger partial charge in [0.1, 0.15) is 18.0 Å². The molecule has 0 radical (unpaired) electrons. The second-order valence-electron chi connectivity index (χ2n) is 9.55. The third-order valence-corrected chi connectivity index (χ3v) is 7.10. The Kier molecular flexibility index (Phi) is 6.90.